The molecule has 1 aliphatic carbocycles. The Morgan fingerprint density at radius 1 is 1.12 bits per heavy atom. The Morgan fingerprint density at radius 2 is 1.92 bits per heavy atom. The first-order valence-electron chi connectivity index (χ1n) is 10.0. The SMILES string of the molecule is CN=C(NC1C2CCCOC2C1(C)C)N1CCC(N2CCOCC2)C1. The first-order valence-corrected chi connectivity index (χ1v) is 10.0. The zero-order valence-corrected chi connectivity index (χ0v) is 16.0. The molecule has 4 fully saturated rings. The van der Waals surface area contributed by atoms with Crippen molar-refractivity contribution in [3.05, 3.63) is 0 Å². The molecule has 142 valence electrons. The molecular formula is C19H34N4O2. The fourth-order valence-electron chi connectivity index (χ4n) is 5.43. The van der Waals surface area contributed by atoms with Gasteiger partial charge in [0.2, 0.25) is 0 Å². The summed E-state index contributed by atoms with van der Waals surface area (Å²) in [7, 11) is 1.92. The van der Waals surface area contributed by atoms with Crippen LogP contribution in [-0.2, 0) is 9.47 Å². The Bertz CT molecular complexity index is 504. The molecule has 6 nitrogen and oxygen atoms in total. The summed E-state index contributed by atoms with van der Waals surface area (Å²) in [5, 5.41) is 3.81. The van der Waals surface area contributed by atoms with E-state index in [9.17, 15) is 0 Å². The van der Waals surface area contributed by atoms with Crippen LogP contribution in [0.2, 0.25) is 0 Å². The predicted molar refractivity (Wildman–Crippen MR) is 98.9 cm³/mol. The molecule has 0 aromatic rings. The standard InChI is InChI=1S/C19H34N4O2/c1-19(2)16(15-5-4-10-25-17(15)19)21-18(20-3)23-7-6-14(13-23)22-8-11-24-12-9-22/h14-17H,4-13H2,1-3H3,(H,20,21). The van der Waals surface area contributed by atoms with Gasteiger partial charge >= 0.3 is 0 Å². The lowest BCUT2D eigenvalue weighted by atomic mass is 9.55. The van der Waals surface area contributed by atoms with Crippen LogP contribution < -0.4 is 5.32 Å². The molecule has 4 rings (SSSR count). The van der Waals surface area contributed by atoms with Gasteiger partial charge in [0.1, 0.15) is 0 Å². The third kappa shape index (κ3) is 3.17. The lowest BCUT2D eigenvalue weighted by molar-refractivity contribution is -0.188. The van der Waals surface area contributed by atoms with Gasteiger partial charge in [0.05, 0.1) is 19.3 Å². The molecule has 0 aromatic carbocycles. The van der Waals surface area contributed by atoms with Crippen LogP contribution >= 0.6 is 0 Å². The number of aliphatic imine (C=N–C) groups is 1. The topological polar surface area (TPSA) is 49.3 Å². The van der Waals surface area contributed by atoms with E-state index in [1.54, 1.807) is 0 Å². The van der Waals surface area contributed by atoms with Crippen molar-refractivity contribution in [2.75, 3.05) is 53.0 Å². The molecule has 0 amide bonds. The summed E-state index contributed by atoms with van der Waals surface area (Å²) in [5.41, 5.74) is 0.185. The summed E-state index contributed by atoms with van der Waals surface area (Å²) >= 11 is 0. The van der Waals surface area contributed by atoms with Gasteiger partial charge in [-0.2, -0.15) is 0 Å². The molecule has 0 spiro atoms. The van der Waals surface area contributed by atoms with E-state index in [-0.39, 0.29) is 5.41 Å². The van der Waals surface area contributed by atoms with Crippen LogP contribution in [0.1, 0.15) is 33.1 Å². The van der Waals surface area contributed by atoms with E-state index < -0.39 is 0 Å². The van der Waals surface area contributed by atoms with Crippen LogP contribution in [0.5, 0.6) is 0 Å². The molecule has 0 aromatic heterocycles. The van der Waals surface area contributed by atoms with Gasteiger partial charge in [-0.3, -0.25) is 9.89 Å². The molecule has 3 heterocycles. The second-order valence-electron chi connectivity index (χ2n) is 8.62. The van der Waals surface area contributed by atoms with Crippen molar-refractivity contribution in [2.45, 2.75) is 51.3 Å². The third-order valence-corrected chi connectivity index (χ3v) is 6.85. The number of hydrogen-bond acceptors (Lipinski definition) is 4. The van der Waals surface area contributed by atoms with Gasteiger partial charge < -0.3 is 19.7 Å². The second-order valence-corrected chi connectivity index (χ2v) is 8.62. The average molecular weight is 351 g/mol. The first kappa shape index (κ1) is 17.6. The van der Waals surface area contributed by atoms with Crippen molar-refractivity contribution in [3.63, 3.8) is 0 Å². The molecule has 25 heavy (non-hydrogen) atoms. The molecule has 6 heteroatoms. The number of nitrogens with zero attached hydrogens (tertiary/aromatic N) is 3. The highest BCUT2D eigenvalue weighted by Gasteiger charge is 2.58. The van der Waals surface area contributed by atoms with Crippen LogP contribution in [0.25, 0.3) is 0 Å². The lowest BCUT2D eigenvalue weighted by Gasteiger charge is -2.60. The zero-order chi connectivity index (χ0) is 17.4. The summed E-state index contributed by atoms with van der Waals surface area (Å²) in [4.78, 5) is 9.67. The molecule has 3 saturated heterocycles. The average Bonchev–Trinajstić information content (AvgIpc) is 3.13. The smallest absolute Gasteiger partial charge is 0.193 e. The Kier molecular flexibility index (Phi) is 4.95. The van der Waals surface area contributed by atoms with Crippen LogP contribution in [0.4, 0.5) is 0 Å². The van der Waals surface area contributed by atoms with Gasteiger partial charge in [0.15, 0.2) is 5.96 Å². The van der Waals surface area contributed by atoms with E-state index in [0.29, 0.717) is 24.1 Å². The van der Waals surface area contributed by atoms with Gasteiger partial charge in [-0.1, -0.05) is 13.8 Å². The van der Waals surface area contributed by atoms with E-state index in [4.69, 9.17) is 9.47 Å². The maximum atomic E-state index is 6.05. The highest BCUT2D eigenvalue weighted by atomic mass is 16.5. The monoisotopic (exact) mass is 350 g/mol. The molecule has 0 bridgehead atoms. The fourth-order valence-corrected chi connectivity index (χ4v) is 5.43. The van der Waals surface area contributed by atoms with Crippen molar-refractivity contribution < 1.29 is 9.47 Å². The molecule has 4 unspecified atom stereocenters. The Balaban J connectivity index is 1.37. The van der Waals surface area contributed by atoms with Crippen molar-refractivity contribution >= 4 is 5.96 Å². The molecule has 1 saturated carbocycles. The van der Waals surface area contributed by atoms with Crippen LogP contribution in [0.3, 0.4) is 0 Å². The Morgan fingerprint density at radius 3 is 2.68 bits per heavy atom. The summed E-state index contributed by atoms with van der Waals surface area (Å²) in [6, 6.07) is 1.11. The summed E-state index contributed by atoms with van der Waals surface area (Å²) in [6.07, 6.45) is 4.11. The van der Waals surface area contributed by atoms with Crippen LogP contribution in [-0.4, -0.2) is 87.0 Å². The first-order chi connectivity index (χ1) is 12.1. The van der Waals surface area contributed by atoms with Crippen LogP contribution in [0.15, 0.2) is 4.99 Å². The fraction of sp³-hybridized carbons (Fsp3) is 0.947. The second kappa shape index (κ2) is 7.05. The quantitative estimate of drug-likeness (QED) is 0.598. The maximum Gasteiger partial charge on any atom is 0.193 e. The number of likely N-dealkylation sites (tertiary alicyclic amines) is 1. The minimum Gasteiger partial charge on any atom is -0.379 e. The van der Waals surface area contributed by atoms with Crippen molar-refractivity contribution in [3.8, 4) is 0 Å². The van der Waals surface area contributed by atoms with E-state index in [2.05, 4.69) is 34.0 Å². The van der Waals surface area contributed by atoms with E-state index in [1.165, 1.54) is 19.3 Å². The third-order valence-electron chi connectivity index (χ3n) is 6.85. The van der Waals surface area contributed by atoms with E-state index in [0.717, 1.165) is 52.0 Å². The van der Waals surface area contributed by atoms with Crippen molar-refractivity contribution in [2.24, 2.45) is 16.3 Å². The normalized spacial score (nSPS) is 39.0. The minimum absolute atomic E-state index is 0.185. The Labute approximate surface area is 151 Å². The highest BCUT2D eigenvalue weighted by Crippen LogP contribution is 2.51. The highest BCUT2D eigenvalue weighted by molar-refractivity contribution is 5.81. The van der Waals surface area contributed by atoms with Gasteiger partial charge in [-0.25, -0.2) is 0 Å². The number of hydrogen-bond donors (Lipinski definition) is 1. The predicted octanol–water partition coefficient (Wildman–Crippen LogP) is 1.17. The number of nitrogens with one attached hydrogen (secondary N) is 1. The number of fused-ring (bicyclic) bond motifs is 1. The van der Waals surface area contributed by atoms with Crippen LogP contribution in [0, 0.1) is 11.3 Å². The lowest BCUT2D eigenvalue weighted by Crippen LogP contribution is -2.71. The maximum absolute atomic E-state index is 6.05. The summed E-state index contributed by atoms with van der Waals surface area (Å²) in [5.74, 6) is 1.72. The largest absolute Gasteiger partial charge is 0.379 e. The molecule has 3 aliphatic heterocycles. The Hall–Kier alpha value is -0.850. The van der Waals surface area contributed by atoms with E-state index in [1.807, 2.05) is 7.05 Å². The molecular weight excluding hydrogens is 316 g/mol. The summed E-state index contributed by atoms with van der Waals surface area (Å²) < 4.78 is 11.5. The molecule has 4 aliphatic rings. The number of morpholine rings is 1. The van der Waals surface area contributed by atoms with Crippen molar-refractivity contribution in [1.29, 1.82) is 0 Å². The molecule has 1 N–H and O–H groups in total. The van der Waals surface area contributed by atoms with Crippen molar-refractivity contribution in [1.82, 2.24) is 15.1 Å². The van der Waals surface area contributed by atoms with E-state index >= 15 is 0 Å². The van der Waals surface area contributed by atoms with Gasteiger partial charge in [-0.05, 0) is 19.3 Å². The van der Waals surface area contributed by atoms with Gasteiger partial charge in [-0.15, -0.1) is 0 Å². The number of guanidine groups is 1. The molecule has 4 atom stereocenters. The minimum atomic E-state index is 0.185. The molecule has 0 radical (unpaired) electrons. The summed E-state index contributed by atoms with van der Waals surface area (Å²) in [6.45, 7) is 11.7. The number of rotatable bonds is 2. The number of ether oxygens (including phenoxy) is 2. The van der Waals surface area contributed by atoms with Gasteiger partial charge in [0, 0.05) is 63.3 Å². The van der Waals surface area contributed by atoms with Gasteiger partial charge in [0.25, 0.3) is 0 Å². The zero-order valence-electron chi connectivity index (χ0n) is 16.0.